The minimum Gasteiger partial charge on any atom is -0.391 e. The second kappa shape index (κ2) is 7.50. The fraction of sp³-hybridized carbons (Fsp3) is 0.538. The maximum atomic E-state index is 12.9. The number of hydrogen-bond donors (Lipinski definition) is 2. The zero-order chi connectivity index (χ0) is 14.8. The van der Waals surface area contributed by atoms with Gasteiger partial charge >= 0.3 is 6.18 Å². The largest absolute Gasteiger partial charge is 0.416 e. The first-order valence-corrected chi connectivity index (χ1v) is 6.36. The van der Waals surface area contributed by atoms with Crippen molar-refractivity contribution in [1.29, 1.82) is 0 Å². The van der Waals surface area contributed by atoms with E-state index in [1.54, 1.807) is 6.92 Å². The molecule has 0 aromatic heterocycles. The van der Waals surface area contributed by atoms with Gasteiger partial charge in [0.25, 0.3) is 0 Å². The van der Waals surface area contributed by atoms with Crippen LogP contribution in [0.3, 0.4) is 0 Å². The first-order valence-electron chi connectivity index (χ1n) is 5.98. The maximum Gasteiger partial charge on any atom is 0.416 e. The first-order chi connectivity index (χ1) is 8.68. The molecule has 1 aromatic rings. The van der Waals surface area contributed by atoms with Gasteiger partial charge in [-0.25, -0.2) is 0 Å². The summed E-state index contributed by atoms with van der Waals surface area (Å²) in [6, 6.07) is 2.31. The summed E-state index contributed by atoms with van der Waals surface area (Å²) in [6.45, 7) is 3.58. The van der Waals surface area contributed by atoms with E-state index in [0.29, 0.717) is 6.42 Å². The first kappa shape index (κ1) is 19.5. The van der Waals surface area contributed by atoms with Crippen LogP contribution in [0, 0.1) is 5.92 Å². The highest BCUT2D eigenvalue weighted by Crippen LogP contribution is 2.37. The van der Waals surface area contributed by atoms with Crippen LogP contribution in [-0.4, -0.2) is 11.2 Å². The number of rotatable bonds is 4. The molecule has 0 aliphatic carbocycles. The van der Waals surface area contributed by atoms with Gasteiger partial charge in [0.2, 0.25) is 0 Å². The summed E-state index contributed by atoms with van der Waals surface area (Å²) in [5.74, 6) is -0.188. The van der Waals surface area contributed by atoms with Gasteiger partial charge in [0.15, 0.2) is 0 Å². The molecule has 116 valence electrons. The Morgan fingerprint density at radius 1 is 1.35 bits per heavy atom. The molecule has 0 heterocycles. The zero-order valence-corrected chi connectivity index (χ0v) is 12.7. The Hall–Kier alpha value is -0.490. The highest BCUT2D eigenvalue weighted by atomic mass is 35.5. The number of nitrogens with two attached hydrogens (primary N) is 1. The number of alkyl halides is 3. The van der Waals surface area contributed by atoms with Crippen molar-refractivity contribution < 1.29 is 18.3 Å². The third-order valence-electron chi connectivity index (χ3n) is 3.27. The van der Waals surface area contributed by atoms with Crippen LogP contribution in [0.1, 0.15) is 37.4 Å². The van der Waals surface area contributed by atoms with Crippen molar-refractivity contribution in [2.75, 3.05) is 0 Å². The Morgan fingerprint density at radius 2 is 1.90 bits per heavy atom. The molecule has 0 fully saturated rings. The summed E-state index contributed by atoms with van der Waals surface area (Å²) in [7, 11) is 0. The van der Waals surface area contributed by atoms with Gasteiger partial charge in [-0.1, -0.05) is 37.9 Å². The van der Waals surface area contributed by atoms with Gasteiger partial charge < -0.3 is 10.8 Å². The zero-order valence-electron chi connectivity index (χ0n) is 11.1. The SMILES string of the molecule is CCC(C)[C@@H](O)[C@@H](N)c1ccc(Cl)cc1C(F)(F)F.Cl. The van der Waals surface area contributed by atoms with Crippen molar-refractivity contribution in [2.24, 2.45) is 11.7 Å². The fourth-order valence-electron chi connectivity index (χ4n) is 1.84. The molecule has 2 nitrogen and oxygen atoms in total. The molecule has 20 heavy (non-hydrogen) atoms. The van der Waals surface area contributed by atoms with Crippen molar-refractivity contribution in [3.05, 3.63) is 34.3 Å². The monoisotopic (exact) mass is 331 g/mol. The van der Waals surface area contributed by atoms with E-state index in [2.05, 4.69) is 0 Å². The molecule has 0 aliphatic rings. The number of benzene rings is 1. The van der Waals surface area contributed by atoms with Crippen LogP contribution >= 0.6 is 24.0 Å². The van der Waals surface area contributed by atoms with E-state index in [1.165, 1.54) is 12.1 Å². The van der Waals surface area contributed by atoms with E-state index < -0.39 is 23.9 Å². The molecular formula is C13H18Cl2F3NO. The van der Waals surface area contributed by atoms with E-state index in [4.69, 9.17) is 17.3 Å². The summed E-state index contributed by atoms with van der Waals surface area (Å²) in [5, 5.41) is 9.96. The van der Waals surface area contributed by atoms with Gasteiger partial charge in [0.05, 0.1) is 17.7 Å². The topological polar surface area (TPSA) is 46.2 Å². The molecule has 7 heteroatoms. The van der Waals surface area contributed by atoms with Gasteiger partial charge in [-0.05, 0) is 23.6 Å². The van der Waals surface area contributed by atoms with E-state index in [0.717, 1.165) is 6.07 Å². The van der Waals surface area contributed by atoms with Gasteiger partial charge in [-0.15, -0.1) is 12.4 Å². The van der Waals surface area contributed by atoms with Gasteiger partial charge in [-0.3, -0.25) is 0 Å². The second-order valence-electron chi connectivity index (χ2n) is 4.63. The summed E-state index contributed by atoms with van der Waals surface area (Å²) in [6.07, 6.45) is -4.95. The van der Waals surface area contributed by atoms with E-state index in [-0.39, 0.29) is 28.9 Å². The Morgan fingerprint density at radius 3 is 2.35 bits per heavy atom. The van der Waals surface area contributed by atoms with Crippen molar-refractivity contribution >= 4 is 24.0 Å². The molecule has 0 aliphatic heterocycles. The smallest absolute Gasteiger partial charge is 0.391 e. The molecule has 0 spiro atoms. The Kier molecular flexibility index (Phi) is 7.32. The van der Waals surface area contributed by atoms with Crippen LogP contribution in [-0.2, 0) is 6.18 Å². The van der Waals surface area contributed by atoms with Crippen LogP contribution in [0.2, 0.25) is 5.02 Å². The lowest BCUT2D eigenvalue weighted by atomic mass is 9.89. The molecule has 1 aromatic carbocycles. The van der Waals surface area contributed by atoms with E-state index in [1.807, 2.05) is 6.92 Å². The number of halogens is 5. The van der Waals surface area contributed by atoms with Crippen LogP contribution in [0.5, 0.6) is 0 Å². The van der Waals surface area contributed by atoms with Crippen LogP contribution in [0.25, 0.3) is 0 Å². The average molecular weight is 332 g/mol. The van der Waals surface area contributed by atoms with E-state index >= 15 is 0 Å². The molecular weight excluding hydrogens is 314 g/mol. The maximum absolute atomic E-state index is 12.9. The van der Waals surface area contributed by atoms with E-state index in [9.17, 15) is 18.3 Å². The normalized spacial score (nSPS) is 16.2. The Bertz CT molecular complexity index is 440. The number of aliphatic hydroxyl groups excluding tert-OH is 1. The molecule has 0 amide bonds. The van der Waals surface area contributed by atoms with Crippen LogP contribution < -0.4 is 5.73 Å². The quantitative estimate of drug-likeness (QED) is 0.869. The lowest BCUT2D eigenvalue weighted by Gasteiger charge is -2.26. The van der Waals surface area contributed by atoms with Crippen molar-refractivity contribution in [3.8, 4) is 0 Å². The van der Waals surface area contributed by atoms with Crippen molar-refractivity contribution in [1.82, 2.24) is 0 Å². The third-order valence-corrected chi connectivity index (χ3v) is 3.51. The Balaban J connectivity index is 0.00000361. The third kappa shape index (κ3) is 4.52. The highest BCUT2D eigenvalue weighted by molar-refractivity contribution is 6.30. The lowest BCUT2D eigenvalue weighted by Crippen LogP contribution is -2.33. The number of hydrogen-bond acceptors (Lipinski definition) is 2. The van der Waals surface area contributed by atoms with Crippen molar-refractivity contribution in [3.63, 3.8) is 0 Å². The molecule has 1 rings (SSSR count). The summed E-state index contributed by atoms with van der Waals surface area (Å²) in [4.78, 5) is 0. The Labute approximate surface area is 127 Å². The molecule has 0 saturated carbocycles. The van der Waals surface area contributed by atoms with Gasteiger partial charge in [-0.2, -0.15) is 13.2 Å². The molecule has 1 unspecified atom stereocenters. The standard InChI is InChI=1S/C13H17ClF3NO.ClH/c1-3-7(2)12(19)11(18)9-5-4-8(14)6-10(9)13(15,16)17;/h4-7,11-12,19H,3,18H2,1-2H3;1H/t7?,11-,12+;/m0./s1. The predicted molar refractivity (Wildman–Crippen MR) is 76.1 cm³/mol. The van der Waals surface area contributed by atoms with Crippen LogP contribution in [0.4, 0.5) is 13.2 Å². The summed E-state index contributed by atoms with van der Waals surface area (Å²) in [5.41, 5.74) is 4.74. The molecule has 0 bridgehead atoms. The molecule has 3 atom stereocenters. The number of aliphatic hydroxyl groups is 1. The fourth-order valence-corrected chi connectivity index (χ4v) is 2.02. The predicted octanol–water partition coefficient (Wildman–Crippen LogP) is 4.19. The highest BCUT2D eigenvalue weighted by Gasteiger charge is 2.36. The minimum absolute atomic E-state index is 0. The molecule has 0 radical (unpaired) electrons. The van der Waals surface area contributed by atoms with Crippen LogP contribution in [0.15, 0.2) is 18.2 Å². The molecule has 0 saturated heterocycles. The van der Waals surface area contributed by atoms with Gasteiger partial charge in [0, 0.05) is 5.02 Å². The second-order valence-corrected chi connectivity index (χ2v) is 5.07. The molecule has 3 N–H and O–H groups in total. The summed E-state index contributed by atoms with van der Waals surface area (Å²) >= 11 is 5.59. The minimum atomic E-state index is -4.55. The lowest BCUT2D eigenvalue weighted by molar-refractivity contribution is -0.138. The average Bonchev–Trinajstić information content (AvgIpc) is 2.35. The van der Waals surface area contributed by atoms with Gasteiger partial charge in [0.1, 0.15) is 0 Å². The van der Waals surface area contributed by atoms with Crippen molar-refractivity contribution in [2.45, 2.75) is 38.6 Å². The summed E-state index contributed by atoms with van der Waals surface area (Å²) < 4.78 is 38.8.